The standard InChI is InChI=1S/C14H12BrClO2/c1-17-12-4-6-13(7-5-12)18-9-10-2-3-11(15)8-14(10)16/h2-8H,9H2,1H3. The summed E-state index contributed by atoms with van der Waals surface area (Å²) in [7, 11) is 1.64. The summed E-state index contributed by atoms with van der Waals surface area (Å²) in [5.74, 6) is 1.60. The van der Waals surface area contributed by atoms with Crippen molar-refractivity contribution >= 4 is 27.5 Å². The average molecular weight is 328 g/mol. The topological polar surface area (TPSA) is 18.5 Å². The predicted octanol–water partition coefficient (Wildman–Crippen LogP) is 4.69. The van der Waals surface area contributed by atoms with Crippen molar-refractivity contribution in [2.24, 2.45) is 0 Å². The summed E-state index contributed by atoms with van der Waals surface area (Å²) in [5.41, 5.74) is 0.954. The molecular weight excluding hydrogens is 316 g/mol. The summed E-state index contributed by atoms with van der Waals surface area (Å²) >= 11 is 9.48. The number of benzene rings is 2. The van der Waals surface area contributed by atoms with Crippen LogP contribution in [0.25, 0.3) is 0 Å². The van der Waals surface area contributed by atoms with Crippen LogP contribution in [0.2, 0.25) is 5.02 Å². The van der Waals surface area contributed by atoms with Crippen LogP contribution in [0.4, 0.5) is 0 Å². The molecule has 0 heterocycles. The molecule has 0 unspecified atom stereocenters. The molecule has 2 aromatic carbocycles. The van der Waals surface area contributed by atoms with Crippen LogP contribution in [-0.4, -0.2) is 7.11 Å². The van der Waals surface area contributed by atoms with Crippen LogP contribution in [0, 0.1) is 0 Å². The molecule has 0 aromatic heterocycles. The molecule has 0 atom stereocenters. The fourth-order valence-electron chi connectivity index (χ4n) is 1.47. The minimum absolute atomic E-state index is 0.443. The lowest BCUT2D eigenvalue weighted by Gasteiger charge is -2.08. The number of halogens is 2. The van der Waals surface area contributed by atoms with E-state index in [1.165, 1.54) is 0 Å². The molecule has 0 amide bonds. The first-order valence-electron chi connectivity index (χ1n) is 5.40. The van der Waals surface area contributed by atoms with Crippen LogP contribution in [0.15, 0.2) is 46.9 Å². The lowest BCUT2D eigenvalue weighted by molar-refractivity contribution is 0.305. The smallest absolute Gasteiger partial charge is 0.120 e. The fourth-order valence-corrected chi connectivity index (χ4v) is 2.20. The van der Waals surface area contributed by atoms with E-state index < -0.39 is 0 Å². The molecule has 0 spiro atoms. The van der Waals surface area contributed by atoms with E-state index in [9.17, 15) is 0 Å². The maximum atomic E-state index is 6.11. The van der Waals surface area contributed by atoms with Gasteiger partial charge in [-0.1, -0.05) is 33.6 Å². The van der Waals surface area contributed by atoms with Gasteiger partial charge in [-0.05, 0) is 36.4 Å². The van der Waals surface area contributed by atoms with E-state index in [-0.39, 0.29) is 0 Å². The molecule has 0 N–H and O–H groups in total. The molecule has 4 heteroatoms. The molecule has 0 aliphatic heterocycles. The molecule has 2 nitrogen and oxygen atoms in total. The zero-order valence-electron chi connectivity index (χ0n) is 9.82. The Balaban J connectivity index is 2.02. The number of hydrogen-bond donors (Lipinski definition) is 0. The SMILES string of the molecule is COc1ccc(OCc2ccc(Br)cc2Cl)cc1. The van der Waals surface area contributed by atoms with Crippen molar-refractivity contribution in [3.05, 3.63) is 57.5 Å². The van der Waals surface area contributed by atoms with E-state index in [0.29, 0.717) is 11.6 Å². The minimum Gasteiger partial charge on any atom is -0.497 e. The van der Waals surface area contributed by atoms with Crippen LogP contribution < -0.4 is 9.47 Å². The number of ether oxygens (including phenoxy) is 2. The third kappa shape index (κ3) is 3.40. The van der Waals surface area contributed by atoms with Gasteiger partial charge in [-0.15, -0.1) is 0 Å². The average Bonchev–Trinajstić information content (AvgIpc) is 2.38. The third-order valence-corrected chi connectivity index (χ3v) is 3.31. The van der Waals surface area contributed by atoms with Gasteiger partial charge in [0, 0.05) is 15.1 Å². The Morgan fingerprint density at radius 2 is 1.72 bits per heavy atom. The second-order valence-electron chi connectivity index (χ2n) is 3.70. The highest BCUT2D eigenvalue weighted by atomic mass is 79.9. The van der Waals surface area contributed by atoms with E-state index in [1.807, 2.05) is 42.5 Å². The van der Waals surface area contributed by atoms with Crippen molar-refractivity contribution in [2.75, 3.05) is 7.11 Å². The first-order valence-corrected chi connectivity index (χ1v) is 6.57. The second-order valence-corrected chi connectivity index (χ2v) is 5.02. The Hall–Kier alpha value is -1.19. The van der Waals surface area contributed by atoms with Gasteiger partial charge in [-0.25, -0.2) is 0 Å². The normalized spacial score (nSPS) is 10.2. The predicted molar refractivity (Wildman–Crippen MR) is 76.5 cm³/mol. The summed E-state index contributed by atoms with van der Waals surface area (Å²) in [5, 5.41) is 0.692. The first-order chi connectivity index (χ1) is 8.69. The summed E-state index contributed by atoms with van der Waals surface area (Å²) in [6, 6.07) is 13.2. The van der Waals surface area contributed by atoms with E-state index >= 15 is 0 Å². The van der Waals surface area contributed by atoms with E-state index in [2.05, 4.69) is 15.9 Å². The fraction of sp³-hybridized carbons (Fsp3) is 0.143. The molecule has 0 saturated heterocycles. The monoisotopic (exact) mass is 326 g/mol. The molecular formula is C14H12BrClO2. The van der Waals surface area contributed by atoms with E-state index in [0.717, 1.165) is 21.5 Å². The lowest BCUT2D eigenvalue weighted by Crippen LogP contribution is -1.96. The number of methoxy groups -OCH3 is 1. The van der Waals surface area contributed by atoms with Crippen LogP contribution in [0.1, 0.15) is 5.56 Å². The molecule has 0 aliphatic carbocycles. The highest BCUT2D eigenvalue weighted by molar-refractivity contribution is 9.10. The quantitative estimate of drug-likeness (QED) is 0.811. The van der Waals surface area contributed by atoms with Gasteiger partial charge >= 0.3 is 0 Å². The van der Waals surface area contributed by atoms with Crippen LogP contribution in [0.3, 0.4) is 0 Å². The number of hydrogen-bond acceptors (Lipinski definition) is 2. The summed E-state index contributed by atoms with van der Waals surface area (Å²) in [4.78, 5) is 0. The van der Waals surface area contributed by atoms with Crippen molar-refractivity contribution < 1.29 is 9.47 Å². The highest BCUT2D eigenvalue weighted by Gasteiger charge is 2.02. The minimum atomic E-state index is 0.443. The van der Waals surface area contributed by atoms with Crippen molar-refractivity contribution in [1.82, 2.24) is 0 Å². The molecule has 2 rings (SSSR count). The van der Waals surface area contributed by atoms with Crippen LogP contribution in [-0.2, 0) is 6.61 Å². The highest BCUT2D eigenvalue weighted by Crippen LogP contribution is 2.23. The van der Waals surface area contributed by atoms with Gasteiger partial charge in [-0.3, -0.25) is 0 Å². The Bertz CT molecular complexity index is 526. The molecule has 0 bridgehead atoms. The Kier molecular flexibility index (Phi) is 4.50. The zero-order valence-corrected chi connectivity index (χ0v) is 12.2. The first kappa shape index (κ1) is 13.2. The number of rotatable bonds is 4. The maximum Gasteiger partial charge on any atom is 0.120 e. The van der Waals surface area contributed by atoms with Gasteiger partial charge in [-0.2, -0.15) is 0 Å². The maximum absolute atomic E-state index is 6.11. The molecule has 0 fully saturated rings. The summed E-state index contributed by atoms with van der Waals surface area (Å²) < 4.78 is 11.7. The van der Waals surface area contributed by atoms with E-state index in [1.54, 1.807) is 7.11 Å². The third-order valence-electron chi connectivity index (χ3n) is 2.47. The van der Waals surface area contributed by atoms with Gasteiger partial charge in [0.15, 0.2) is 0 Å². The lowest BCUT2D eigenvalue weighted by atomic mass is 10.2. The van der Waals surface area contributed by atoms with Crippen LogP contribution >= 0.6 is 27.5 Å². The van der Waals surface area contributed by atoms with Crippen molar-refractivity contribution in [1.29, 1.82) is 0 Å². The van der Waals surface area contributed by atoms with Crippen molar-refractivity contribution in [3.63, 3.8) is 0 Å². The van der Waals surface area contributed by atoms with Gasteiger partial charge < -0.3 is 9.47 Å². The summed E-state index contributed by atoms with van der Waals surface area (Å²) in [6.45, 7) is 0.443. The van der Waals surface area contributed by atoms with Gasteiger partial charge in [0.1, 0.15) is 18.1 Å². The Labute approximate surface area is 120 Å². The molecule has 0 aliphatic rings. The zero-order chi connectivity index (χ0) is 13.0. The van der Waals surface area contributed by atoms with Crippen molar-refractivity contribution in [3.8, 4) is 11.5 Å². The van der Waals surface area contributed by atoms with Gasteiger partial charge in [0.25, 0.3) is 0 Å². The van der Waals surface area contributed by atoms with Crippen LogP contribution in [0.5, 0.6) is 11.5 Å². The Morgan fingerprint density at radius 1 is 1.06 bits per heavy atom. The molecule has 0 saturated carbocycles. The molecule has 2 aromatic rings. The largest absolute Gasteiger partial charge is 0.497 e. The van der Waals surface area contributed by atoms with Crippen molar-refractivity contribution in [2.45, 2.75) is 6.61 Å². The second kappa shape index (κ2) is 6.12. The Morgan fingerprint density at radius 3 is 2.33 bits per heavy atom. The van der Waals surface area contributed by atoms with Gasteiger partial charge in [0.2, 0.25) is 0 Å². The molecule has 18 heavy (non-hydrogen) atoms. The van der Waals surface area contributed by atoms with Gasteiger partial charge in [0.05, 0.1) is 7.11 Å². The summed E-state index contributed by atoms with van der Waals surface area (Å²) in [6.07, 6.45) is 0. The van der Waals surface area contributed by atoms with E-state index in [4.69, 9.17) is 21.1 Å². The molecule has 94 valence electrons. The molecule has 0 radical (unpaired) electrons.